The Balaban J connectivity index is 2.36. The molecule has 2 aliphatic carbocycles. The number of unbranched alkanes of at least 4 members (excludes halogenated alkanes) is 2. The molecule has 5 heteroatoms. The van der Waals surface area contributed by atoms with E-state index in [0.29, 0.717) is 36.4 Å². The van der Waals surface area contributed by atoms with Crippen LogP contribution in [-0.2, 0) is 8.85 Å². The van der Waals surface area contributed by atoms with Crippen LogP contribution >= 0.6 is 0 Å². The lowest BCUT2D eigenvalue weighted by Gasteiger charge is -2.41. The summed E-state index contributed by atoms with van der Waals surface area (Å²) in [7, 11) is -3.82. The Morgan fingerprint density at radius 1 is 1.00 bits per heavy atom. The Morgan fingerprint density at radius 2 is 1.64 bits per heavy atom. The molecule has 2 rings (SSSR count). The van der Waals surface area contributed by atoms with Gasteiger partial charge in [0.1, 0.15) is 0 Å². The van der Waals surface area contributed by atoms with E-state index in [1.165, 1.54) is 19.3 Å². The van der Waals surface area contributed by atoms with Gasteiger partial charge in [-0.05, 0) is 99.5 Å². The first-order valence-electron chi connectivity index (χ1n) is 15.7. The molecule has 2 aliphatic rings. The first-order chi connectivity index (χ1) is 17.9. The lowest BCUT2D eigenvalue weighted by atomic mass is 9.89. The molecular weight excluding hydrogens is 513 g/mol. The van der Waals surface area contributed by atoms with Crippen molar-refractivity contribution < 1.29 is 14.0 Å². The van der Waals surface area contributed by atoms with E-state index in [4.69, 9.17) is 14.0 Å². The molecule has 0 aromatic carbocycles. The molecule has 2 fully saturated rings. The van der Waals surface area contributed by atoms with Crippen LogP contribution in [0.4, 0.5) is 0 Å². The van der Waals surface area contributed by atoms with Gasteiger partial charge in [-0.3, -0.25) is 0 Å². The maximum Gasteiger partial charge on any atom is 0.192 e. The van der Waals surface area contributed by atoms with Crippen LogP contribution in [0.2, 0.25) is 36.3 Å². The number of fused-ring (bicyclic) bond motifs is 1. The molecule has 3 nitrogen and oxygen atoms in total. The Morgan fingerprint density at radius 3 is 2.21 bits per heavy atom. The fraction of sp³-hybridized carbons (Fsp3) is 0.824. The largest absolute Gasteiger partial charge is 0.413 e. The zero-order valence-electron chi connectivity index (χ0n) is 27.6. The van der Waals surface area contributed by atoms with Crippen molar-refractivity contribution in [3.05, 3.63) is 23.8 Å². The second-order valence-electron chi connectivity index (χ2n) is 15.5. The summed E-state index contributed by atoms with van der Waals surface area (Å²) in [5, 5.41) is 9.53. The van der Waals surface area contributed by atoms with Gasteiger partial charge in [0, 0.05) is 18.9 Å². The van der Waals surface area contributed by atoms with Crippen molar-refractivity contribution in [2.75, 3.05) is 6.61 Å². The summed E-state index contributed by atoms with van der Waals surface area (Å²) in [6.45, 7) is 28.1. The lowest BCUT2D eigenvalue weighted by Crippen LogP contribution is -2.45. The molecule has 0 aromatic rings. The van der Waals surface area contributed by atoms with Gasteiger partial charge in [-0.25, -0.2) is 0 Å². The normalized spacial score (nSPS) is 27.1. The SMILES string of the molecule is CC#CCC(C)C(/C=C/[C@@H]1[C@H]2C/C(=C/CCCCO)C[C@H]2C[C@H]1O[Si](C)(C)C(C)(C)C)O[Si](C)(C)C(C)(C)C. The Hall–Kier alpha value is -0.646. The molecule has 0 saturated heterocycles. The molecule has 2 unspecified atom stereocenters. The third-order valence-corrected chi connectivity index (χ3v) is 19.3. The Kier molecular flexibility index (Phi) is 12.4. The smallest absolute Gasteiger partial charge is 0.192 e. The van der Waals surface area contributed by atoms with Gasteiger partial charge in [-0.1, -0.05) is 72.3 Å². The van der Waals surface area contributed by atoms with Crippen molar-refractivity contribution in [3.63, 3.8) is 0 Å². The van der Waals surface area contributed by atoms with Gasteiger partial charge in [0.2, 0.25) is 0 Å². The van der Waals surface area contributed by atoms with Crippen molar-refractivity contribution >= 4 is 16.6 Å². The third kappa shape index (κ3) is 9.43. The van der Waals surface area contributed by atoms with Crippen LogP contribution in [0.3, 0.4) is 0 Å². The summed E-state index contributed by atoms with van der Waals surface area (Å²) in [6.07, 6.45) is 15.3. The molecule has 0 aliphatic heterocycles. The number of aliphatic hydroxyl groups excluding tert-OH is 1. The molecule has 39 heavy (non-hydrogen) atoms. The van der Waals surface area contributed by atoms with Crippen LogP contribution in [0, 0.1) is 35.5 Å². The molecule has 0 aromatic heterocycles. The molecule has 0 heterocycles. The van der Waals surface area contributed by atoms with E-state index in [-0.39, 0.29) is 16.2 Å². The monoisotopic (exact) mass is 574 g/mol. The lowest BCUT2D eigenvalue weighted by molar-refractivity contribution is 0.144. The summed E-state index contributed by atoms with van der Waals surface area (Å²) in [5.74, 6) is 8.56. The second kappa shape index (κ2) is 14.0. The maximum absolute atomic E-state index is 9.15. The maximum atomic E-state index is 9.15. The fourth-order valence-electron chi connectivity index (χ4n) is 5.64. The van der Waals surface area contributed by atoms with Crippen molar-refractivity contribution in [2.24, 2.45) is 23.7 Å². The number of hydrogen-bond donors (Lipinski definition) is 1. The first-order valence-corrected chi connectivity index (χ1v) is 21.5. The third-order valence-electron chi connectivity index (χ3n) is 10.3. The zero-order chi connectivity index (χ0) is 29.6. The van der Waals surface area contributed by atoms with Crippen molar-refractivity contribution in [1.29, 1.82) is 0 Å². The van der Waals surface area contributed by atoms with Crippen LogP contribution < -0.4 is 0 Å². The number of allylic oxidation sites excluding steroid dienone is 2. The van der Waals surface area contributed by atoms with Crippen molar-refractivity contribution in [3.8, 4) is 11.8 Å². The van der Waals surface area contributed by atoms with E-state index < -0.39 is 16.6 Å². The van der Waals surface area contributed by atoms with E-state index in [2.05, 4.69) is 105 Å². The quantitative estimate of drug-likeness (QED) is 0.109. The standard InChI is InChI=1S/C34H62O3Si2/c1-13-14-18-26(2)31(36-38(9,10)33(3,4)5)21-20-29-30-24-27(19-16-15-17-22-35)23-28(30)25-32(29)37-39(11,12)34(6,7)8/h19-21,26,28-32,35H,15-18,22-25H2,1-12H3/b21-20+,27-19+/t26?,28-,29+,30-,31?,32+/m0/s1. The van der Waals surface area contributed by atoms with E-state index >= 15 is 0 Å². The Labute approximate surface area is 244 Å². The minimum atomic E-state index is -1.94. The van der Waals surface area contributed by atoms with Crippen LogP contribution in [0.5, 0.6) is 0 Å². The molecular formula is C34H62O3Si2. The van der Waals surface area contributed by atoms with E-state index in [0.717, 1.165) is 25.7 Å². The van der Waals surface area contributed by atoms with Gasteiger partial charge in [-0.15, -0.1) is 11.8 Å². The summed E-state index contributed by atoms with van der Waals surface area (Å²) in [4.78, 5) is 0. The van der Waals surface area contributed by atoms with E-state index in [1.807, 2.05) is 6.92 Å². The summed E-state index contributed by atoms with van der Waals surface area (Å²) in [5.41, 5.74) is 1.63. The van der Waals surface area contributed by atoms with Gasteiger partial charge in [-0.2, -0.15) is 0 Å². The highest BCUT2D eigenvalue weighted by atomic mass is 28.4. The topological polar surface area (TPSA) is 38.7 Å². The molecule has 1 N–H and O–H groups in total. The summed E-state index contributed by atoms with van der Waals surface area (Å²) >= 11 is 0. The predicted molar refractivity (Wildman–Crippen MR) is 174 cm³/mol. The molecule has 2 saturated carbocycles. The summed E-state index contributed by atoms with van der Waals surface area (Å²) in [6, 6.07) is 0. The molecule has 0 bridgehead atoms. The highest BCUT2D eigenvalue weighted by Gasteiger charge is 2.50. The first kappa shape index (κ1) is 34.6. The summed E-state index contributed by atoms with van der Waals surface area (Å²) < 4.78 is 14.2. The molecule has 6 atom stereocenters. The average Bonchev–Trinajstić information content (AvgIpc) is 3.33. The molecule has 0 radical (unpaired) electrons. The van der Waals surface area contributed by atoms with Gasteiger partial charge in [0.15, 0.2) is 16.6 Å². The second-order valence-corrected chi connectivity index (χ2v) is 25.0. The fourth-order valence-corrected chi connectivity index (χ4v) is 8.35. The van der Waals surface area contributed by atoms with Crippen molar-refractivity contribution in [1.82, 2.24) is 0 Å². The number of hydrogen-bond acceptors (Lipinski definition) is 3. The van der Waals surface area contributed by atoms with Crippen LogP contribution in [0.1, 0.15) is 100 Å². The molecule has 0 spiro atoms. The van der Waals surface area contributed by atoms with Crippen LogP contribution in [0.15, 0.2) is 23.8 Å². The Bertz CT molecular complexity index is 894. The van der Waals surface area contributed by atoms with Gasteiger partial charge < -0.3 is 14.0 Å². The highest BCUT2D eigenvalue weighted by Crippen LogP contribution is 2.53. The average molecular weight is 575 g/mol. The zero-order valence-corrected chi connectivity index (χ0v) is 29.6. The highest BCUT2D eigenvalue weighted by molar-refractivity contribution is 6.74. The van der Waals surface area contributed by atoms with E-state index in [9.17, 15) is 0 Å². The van der Waals surface area contributed by atoms with Crippen LogP contribution in [-0.4, -0.2) is 40.6 Å². The van der Waals surface area contributed by atoms with E-state index in [1.54, 1.807) is 5.57 Å². The molecule has 0 amide bonds. The molecule has 224 valence electrons. The van der Waals surface area contributed by atoms with Gasteiger partial charge in [0.05, 0.1) is 12.2 Å². The number of rotatable bonds is 12. The van der Waals surface area contributed by atoms with Gasteiger partial charge in [0.25, 0.3) is 0 Å². The van der Waals surface area contributed by atoms with Crippen molar-refractivity contribution in [2.45, 2.75) is 149 Å². The number of aliphatic hydroxyl groups is 1. The predicted octanol–water partition coefficient (Wildman–Crippen LogP) is 9.51. The van der Waals surface area contributed by atoms with Gasteiger partial charge >= 0.3 is 0 Å². The minimum absolute atomic E-state index is 0.0780. The minimum Gasteiger partial charge on any atom is -0.413 e. The van der Waals surface area contributed by atoms with Crippen LogP contribution in [0.25, 0.3) is 0 Å².